The van der Waals surface area contributed by atoms with Crippen molar-refractivity contribution in [2.75, 3.05) is 11.4 Å². The summed E-state index contributed by atoms with van der Waals surface area (Å²) in [4.78, 5) is 2.23. The van der Waals surface area contributed by atoms with Crippen LogP contribution in [0, 0.1) is 5.82 Å². The molecule has 0 fully saturated rings. The molecule has 3 heteroatoms. The van der Waals surface area contributed by atoms with Gasteiger partial charge in [0.2, 0.25) is 0 Å². The minimum atomic E-state index is -0.323. The monoisotopic (exact) mass is 284 g/mol. The minimum Gasteiger partial charge on any atom is -0.341 e. The maximum Gasteiger partial charge on any atom is 0.130 e. The molecular weight excluding hydrogens is 263 g/mol. The van der Waals surface area contributed by atoms with Gasteiger partial charge in [0, 0.05) is 29.5 Å². The predicted octanol–water partition coefficient (Wildman–Crippen LogP) is 4.32. The lowest BCUT2D eigenvalue weighted by Gasteiger charge is -2.28. The average Bonchev–Trinajstić information content (AvgIpc) is 2.68. The Labute approximate surface area is 125 Å². The van der Waals surface area contributed by atoms with Gasteiger partial charge in [-0.05, 0) is 49.9 Å². The molecule has 1 aliphatic heterocycles. The van der Waals surface area contributed by atoms with Crippen LogP contribution in [0.4, 0.5) is 15.8 Å². The van der Waals surface area contributed by atoms with Crippen molar-refractivity contribution in [1.29, 1.82) is 0 Å². The molecule has 1 heterocycles. The second kappa shape index (κ2) is 5.86. The van der Waals surface area contributed by atoms with Crippen LogP contribution in [0.15, 0.2) is 42.5 Å². The summed E-state index contributed by atoms with van der Waals surface area (Å²) in [7, 11) is 0. The van der Waals surface area contributed by atoms with Crippen LogP contribution in [0.3, 0.4) is 0 Å². The van der Waals surface area contributed by atoms with E-state index in [2.05, 4.69) is 23.1 Å². The van der Waals surface area contributed by atoms with Crippen molar-refractivity contribution >= 4 is 11.4 Å². The van der Waals surface area contributed by atoms with Crippen molar-refractivity contribution in [3.8, 4) is 0 Å². The van der Waals surface area contributed by atoms with Crippen LogP contribution >= 0.6 is 0 Å². The number of para-hydroxylation sites is 1. The Balaban J connectivity index is 2.15. The molecule has 0 amide bonds. The van der Waals surface area contributed by atoms with Gasteiger partial charge >= 0.3 is 0 Å². The van der Waals surface area contributed by atoms with Crippen LogP contribution in [0.2, 0.25) is 0 Å². The Hall–Kier alpha value is -1.87. The Morgan fingerprint density at radius 2 is 1.81 bits per heavy atom. The maximum atomic E-state index is 14.2. The SMILES string of the molecule is C[C@@H](N)c1c(F)cccc1N1CCCCc2ccccc21. The van der Waals surface area contributed by atoms with Gasteiger partial charge in [0.25, 0.3) is 0 Å². The van der Waals surface area contributed by atoms with Crippen LogP contribution in [0.5, 0.6) is 0 Å². The molecule has 3 rings (SSSR count). The first-order valence-corrected chi connectivity index (χ1v) is 7.58. The first-order chi connectivity index (χ1) is 10.2. The van der Waals surface area contributed by atoms with Crippen LogP contribution in [-0.2, 0) is 6.42 Å². The van der Waals surface area contributed by atoms with Crippen LogP contribution in [0.25, 0.3) is 0 Å². The van der Waals surface area contributed by atoms with Gasteiger partial charge in [-0.1, -0.05) is 24.3 Å². The van der Waals surface area contributed by atoms with E-state index in [4.69, 9.17) is 5.73 Å². The number of aryl methyl sites for hydroxylation is 1. The molecule has 0 aliphatic carbocycles. The molecule has 0 radical (unpaired) electrons. The van der Waals surface area contributed by atoms with Gasteiger partial charge in [0.05, 0.1) is 0 Å². The van der Waals surface area contributed by atoms with Crippen molar-refractivity contribution < 1.29 is 4.39 Å². The molecule has 110 valence electrons. The molecule has 21 heavy (non-hydrogen) atoms. The van der Waals surface area contributed by atoms with E-state index in [9.17, 15) is 4.39 Å². The molecule has 0 unspecified atom stereocenters. The molecule has 2 nitrogen and oxygen atoms in total. The molecule has 2 aromatic carbocycles. The number of rotatable bonds is 2. The van der Waals surface area contributed by atoms with Gasteiger partial charge in [-0.25, -0.2) is 4.39 Å². The fourth-order valence-electron chi connectivity index (χ4n) is 3.15. The molecule has 0 saturated carbocycles. The molecule has 1 atom stereocenters. The highest BCUT2D eigenvalue weighted by atomic mass is 19.1. The first kappa shape index (κ1) is 14.1. The Bertz CT molecular complexity index is 637. The zero-order valence-corrected chi connectivity index (χ0v) is 12.3. The summed E-state index contributed by atoms with van der Waals surface area (Å²) in [5.41, 5.74) is 10.0. The lowest BCUT2D eigenvalue weighted by atomic mass is 10.0. The van der Waals surface area contributed by atoms with E-state index in [1.54, 1.807) is 6.07 Å². The van der Waals surface area contributed by atoms with Gasteiger partial charge in [-0.2, -0.15) is 0 Å². The summed E-state index contributed by atoms with van der Waals surface area (Å²) in [6, 6.07) is 13.3. The minimum absolute atomic E-state index is 0.218. The Morgan fingerprint density at radius 1 is 1.05 bits per heavy atom. The molecule has 2 N–H and O–H groups in total. The van der Waals surface area contributed by atoms with Gasteiger partial charge in [0.1, 0.15) is 5.82 Å². The van der Waals surface area contributed by atoms with Crippen molar-refractivity contribution in [1.82, 2.24) is 0 Å². The summed E-state index contributed by atoms with van der Waals surface area (Å²) in [5, 5.41) is 0. The van der Waals surface area contributed by atoms with Crippen LogP contribution in [0.1, 0.15) is 36.9 Å². The number of hydrogen-bond acceptors (Lipinski definition) is 2. The number of halogens is 1. The van der Waals surface area contributed by atoms with E-state index in [-0.39, 0.29) is 11.9 Å². The van der Waals surface area contributed by atoms with Gasteiger partial charge in [0.15, 0.2) is 0 Å². The summed E-state index contributed by atoms with van der Waals surface area (Å²) in [6.45, 7) is 2.74. The first-order valence-electron chi connectivity index (χ1n) is 7.58. The molecule has 0 aromatic heterocycles. The van der Waals surface area contributed by atoms with Gasteiger partial charge < -0.3 is 10.6 Å². The van der Waals surface area contributed by atoms with Crippen molar-refractivity contribution in [3.63, 3.8) is 0 Å². The van der Waals surface area contributed by atoms with E-state index in [0.29, 0.717) is 5.56 Å². The summed E-state index contributed by atoms with van der Waals surface area (Å²) in [6.07, 6.45) is 3.34. The van der Waals surface area contributed by atoms with E-state index >= 15 is 0 Å². The standard InChI is InChI=1S/C18H21FN2/c1-13(20)18-15(19)9-6-11-17(18)21-12-5-4-8-14-7-2-3-10-16(14)21/h2-3,6-7,9-11,13H,4-5,8,12,20H2,1H3/t13-/m1/s1. The summed E-state index contributed by atoms with van der Waals surface area (Å²) in [5.74, 6) is -0.218. The Morgan fingerprint density at radius 3 is 2.62 bits per heavy atom. The number of fused-ring (bicyclic) bond motifs is 1. The smallest absolute Gasteiger partial charge is 0.130 e. The molecule has 0 spiro atoms. The van der Waals surface area contributed by atoms with E-state index in [1.165, 1.54) is 17.3 Å². The van der Waals surface area contributed by atoms with E-state index in [1.807, 2.05) is 19.1 Å². The number of anilines is 2. The second-order valence-corrected chi connectivity index (χ2v) is 5.70. The van der Waals surface area contributed by atoms with Crippen molar-refractivity contribution in [2.45, 2.75) is 32.2 Å². The fraction of sp³-hybridized carbons (Fsp3) is 0.333. The Kier molecular flexibility index (Phi) is 3.93. The van der Waals surface area contributed by atoms with E-state index in [0.717, 1.165) is 31.5 Å². The zero-order chi connectivity index (χ0) is 14.8. The van der Waals surface area contributed by atoms with Crippen LogP contribution in [-0.4, -0.2) is 6.54 Å². The second-order valence-electron chi connectivity index (χ2n) is 5.70. The highest BCUT2D eigenvalue weighted by molar-refractivity contribution is 5.70. The average molecular weight is 284 g/mol. The highest BCUT2D eigenvalue weighted by Gasteiger charge is 2.21. The number of nitrogens with zero attached hydrogens (tertiary/aromatic N) is 1. The lowest BCUT2D eigenvalue weighted by Crippen LogP contribution is -2.22. The molecular formula is C18H21FN2. The third-order valence-corrected chi connectivity index (χ3v) is 4.14. The summed E-state index contributed by atoms with van der Waals surface area (Å²) < 4.78 is 14.2. The van der Waals surface area contributed by atoms with E-state index < -0.39 is 0 Å². The zero-order valence-electron chi connectivity index (χ0n) is 12.3. The third kappa shape index (κ3) is 2.66. The normalized spacial score (nSPS) is 16.2. The summed E-state index contributed by atoms with van der Waals surface area (Å²) >= 11 is 0. The molecule has 0 saturated heterocycles. The molecule has 0 bridgehead atoms. The largest absolute Gasteiger partial charge is 0.341 e. The van der Waals surface area contributed by atoms with Gasteiger partial charge in [-0.15, -0.1) is 0 Å². The topological polar surface area (TPSA) is 29.3 Å². The number of hydrogen-bond donors (Lipinski definition) is 1. The van der Waals surface area contributed by atoms with Gasteiger partial charge in [-0.3, -0.25) is 0 Å². The van der Waals surface area contributed by atoms with Crippen molar-refractivity contribution in [2.24, 2.45) is 5.73 Å². The number of nitrogens with two attached hydrogens (primary N) is 1. The fourth-order valence-corrected chi connectivity index (χ4v) is 3.15. The van der Waals surface area contributed by atoms with Crippen LogP contribution < -0.4 is 10.6 Å². The maximum absolute atomic E-state index is 14.2. The quantitative estimate of drug-likeness (QED) is 0.890. The third-order valence-electron chi connectivity index (χ3n) is 4.14. The highest BCUT2D eigenvalue weighted by Crippen LogP contribution is 2.36. The number of benzene rings is 2. The van der Waals surface area contributed by atoms with Crippen molar-refractivity contribution in [3.05, 3.63) is 59.4 Å². The lowest BCUT2D eigenvalue weighted by molar-refractivity contribution is 0.593. The molecule has 2 aromatic rings. The predicted molar refractivity (Wildman–Crippen MR) is 85.4 cm³/mol. The molecule has 1 aliphatic rings.